The smallest absolute Gasteiger partial charge is 0.243 e. The monoisotopic (exact) mass is 455 g/mol. The van der Waals surface area contributed by atoms with E-state index in [1.54, 1.807) is 30.3 Å². The van der Waals surface area contributed by atoms with Crippen molar-refractivity contribution in [3.8, 4) is 0 Å². The van der Waals surface area contributed by atoms with Crippen molar-refractivity contribution in [2.24, 2.45) is 11.8 Å². The Kier molecular flexibility index (Phi) is 7.16. The molecule has 6 nitrogen and oxygen atoms in total. The van der Waals surface area contributed by atoms with E-state index in [1.165, 1.54) is 22.8 Å². The average Bonchev–Trinajstić information content (AvgIpc) is 2.83. The Morgan fingerprint density at radius 3 is 2.41 bits per heavy atom. The summed E-state index contributed by atoms with van der Waals surface area (Å²) in [5.74, 6) is 0.326. The number of sulfonamides is 1. The van der Waals surface area contributed by atoms with Crippen molar-refractivity contribution in [3.05, 3.63) is 60.2 Å². The van der Waals surface area contributed by atoms with Gasteiger partial charge in [-0.15, -0.1) is 0 Å². The lowest BCUT2D eigenvalue weighted by Gasteiger charge is -2.33. The SMILES string of the molecule is C[C@H]1CCCN(c2ccc(CNC(=O)[C@@H]3CCCN(S(=O)(=O)c4ccccc4)C3)cc2)C1. The number of piperidine rings is 2. The van der Waals surface area contributed by atoms with Gasteiger partial charge in [0.15, 0.2) is 0 Å². The van der Waals surface area contributed by atoms with Gasteiger partial charge in [0.05, 0.1) is 10.8 Å². The van der Waals surface area contributed by atoms with Gasteiger partial charge < -0.3 is 10.2 Å². The highest BCUT2D eigenvalue weighted by molar-refractivity contribution is 7.89. The van der Waals surface area contributed by atoms with Crippen molar-refractivity contribution < 1.29 is 13.2 Å². The van der Waals surface area contributed by atoms with Crippen molar-refractivity contribution >= 4 is 21.6 Å². The summed E-state index contributed by atoms with van der Waals surface area (Å²) in [6.07, 6.45) is 3.93. The second kappa shape index (κ2) is 10.0. The molecule has 2 aliphatic heterocycles. The molecule has 2 aliphatic rings. The summed E-state index contributed by atoms with van der Waals surface area (Å²) in [5.41, 5.74) is 2.29. The summed E-state index contributed by atoms with van der Waals surface area (Å²) in [6.45, 7) is 5.64. The van der Waals surface area contributed by atoms with Crippen molar-refractivity contribution in [3.63, 3.8) is 0 Å². The van der Waals surface area contributed by atoms with Crippen LogP contribution in [0.5, 0.6) is 0 Å². The molecule has 172 valence electrons. The molecule has 0 spiro atoms. The van der Waals surface area contributed by atoms with E-state index in [0.717, 1.165) is 24.6 Å². The Balaban J connectivity index is 1.32. The molecule has 2 aromatic rings. The van der Waals surface area contributed by atoms with Crippen LogP contribution in [0.15, 0.2) is 59.5 Å². The van der Waals surface area contributed by atoms with E-state index in [1.807, 2.05) is 0 Å². The lowest BCUT2D eigenvalue weighted by molar-refractivity contribution is -0.126. The fraction of sp³-hybridized carbons (Fsp3) is 0.480. The van der Waals surface area contributed by atoms with Gasteiger partial charge in [0.1, 0.15) is 0 Å². The number of hydrogen-bond donors (Lipinski definition) is 1. The number of carbonyl (C=O) groups is 1. The maximum absolute atomic E-state index is 12.9. The highest BCUT2D eigenvalue weighted by Gasteiger charge is 2.33. The fourth-order valence-corrected chi connectivity index (χ4v) is 6.24. The molecule has 7 heteroatoms. The predicted molar refractivity (Wildman–Crippen MR) is 127 cm³/mol. The summed E-state index contributed by atoms with van der Waals surface area (Å²) in [4.78, 5) is 15.5. The largest absolute Gasteiger partial charge is 0.371 e. The molecule has 1 amide bonds. The number of nitrogens with zero attached hydrogens (tertiary/aromatic N) is 2. The second-order valence-electron chi connectivity index (χ2n) is 9.09. The third-order valence-electron chi connectivity index (χ3n) is 6.56. The molecule has 2 fully saturated rings. The number of carbonyl (C=O) groups excluding carboxylic acids is 1. The molecule has 32 heavy (non-hydrogen) atoms. The number of anilines is 1. The number of nitrogens with one attached hydrogen (secondary N) is 1. The first-order valence-electron chi connectivity index (χ1n) is 11.6. The van der Waals surface area contributed by atoms with Crippen LogP contribution < -0.4 is 10.2 Å². The number of hydrogen-bond acceptors (Lipinski definition) is 4. The van der Waals surface area contributed by atoms with Crippen LogP contribution in [0.3, 0.4) is 0 Å². The Morgan fingerprint density at radius 1 is 0.969 bits per heavy atom. The first kappa shape index (κ1) is 22.8. The minimum atomic E-state index is -3.57. The minimum Gasteiger partial charge on any atom is -0.371 e. The molecule has 0 bridgehead atoms. The zero-order valence-electron chi connectivity index (χ0n) is 18.7. The van der Waals surface area contributed by atoms with Crippen molar-refractivity contribution in [1.82, 2.24) is 9.62 Å². The standard InChI is InChI=1S/C25H33N3O3S/c1-20-7-5-15-27(18-20)23-13-11-21(12-14-23)17-26-25(29)22-8-6-16-28(19-22)32(30,31)24-9-3-2-4-10-24/h2-4,9-14,20,22H,5-8,15-19H2,1H3,(H,26,29)/t20-,22+/m0/s1. The molecule has 4 rings (SSSR count). The zero-order valence-corrected chi connectivity index (χ0v) is 19.6. The third-order valence-corrected chi connectivity index (χ3v) is 8.44. The van der Waals surface area contributed by atoms with Crippen LogP contribution in [0.2, 0.25) is 0 Å². The van der Waals surface area contributed by atoms with E-state index in [9.17, 15) is 13.2 Å². The van der Waals surface area contributed by atoms with Crippen LogP contribution in [-0.2, 0) is 21.4 Å². The molecule has 2 aromatic carbocycles. The van der Waals surface area contributed by atoms with Gasteiger partial charge >= 0.3 is 0 Å². The van der Waals surface area contributed by atoms with Gasteiger partial charge in [0.25, 0.3) is 0 Å². The molecular weight excluding hydrogens is 422 g/mol. The van der Waals surface area contributed by atoms with E-state index >= 15 is 0 Å². The van der Waals surface area contributed by atoms with Gasteiger partial charge in [-0.2, -0.15) is 4.31 Å². The highest BCUT2D eigenvalue weighted by Crippen LogP contribution is 2.25. The molecule has 0 aromatic heterocycles. The number of benzene rings is 2. The molecule has 0 aliphatic carbocycles. The molecule has 2 saturated heterocycles. The van der Waals surface area contributed by atoms with E-state index < -0.39 is 10.0 Å². The van der Waals surface area contributed by atoms with Gasteiger partial charge in [-0.3, -0.25) is 4.79 Å². The number of rotatable bonds is 6. The van der Waals surface area contributed by atoms with Crippen molar-refractivity contribution in [2.45, 2.75) is 44.0 Å². The molecule has 0 unspecified atom stereocenters. The molecule has 2 atom stereocenters. The van der Waals surface area contributed by atoms with Gasteiger partial charge in [0, 0.05) is 38.4 Å². The summed E-state index contributed by atoms with van der Waals surface area (Å²) in [5, 5.41) is 3.01. The van der Waals surface area contributed by atoms with E-state index in [-0.39, 0.29) is 23.3 Å². The summed E-state index contributed by atoms with van der Waals surface area (Å²) >= 11 is 0. The fourth-order valence-electron chi connectivity index (χ4n) is 4.70. The van der Waals surface area contributed by atoms with Gasteiger partial charge in [-0.05, 0) is 61.4 Å². The molecule has 0 saturated carbocycles. The lowest BCUT2D eigenvalue weighted by atomic mass is 9.98. The Labute approximate surface area is 191 Å². The van der Waals surface area contributed by atoms with Gasteiger partial charge in [-0.25, -0.2) is 8.42 Å². The average molecular weight is 456 g/mol. The van der Waals surface area contributed by atoms with Crippen LogP contribution >= 0.6 is 0 Å². The predicted octanol–water partition coefficient (Wildman–Crippen LogP) is 3.64. The summed E-state index contributed by atoms with van der Waals surface area (Å²) < 4.78 is 27.3. The highest BCUT2D eigenvalue weighted by atomic mass is 32.2. The van der Waals surface area contributed by atoms with Crippen LogP contribution in [0.4, 0.5) is 5.69 Å². The summed E-state index contributed by atoms with van der Waals surface area (Å²) in [6, 6.07) is 16.9. The van der Waals surface area contributed by atoms with E-state index in [0.29, 0.717) is 25.9 Å². The normalized spacial score (nSPS) is 22.5. The van der Waals surface area contributed by atoms with Gasteiger partial charge in [-0.1, -0.05) is 37.3 Å². The topological polar surface area (TPSA) is 69.7 Å². The Hall–Kier alpha value is -2.38. The van der Waals surface area contributed by atoms with Crippen molar-refractivity contribution in [2.75, 3.05) is 31.1 Å². The van der Waals surface area contributed by atoms with Crippen LogP contribution in [0, 0.1) is 11.8 Å². The first-order chi connectivity index (χ1) is 15.4. The number of amides is 1. The maximum Gasteiger partial charge on any atom is 0.243 e. The molecule has 2 heterocycles. The zero-order chi connectivity index (χ0) is 22.6. The van der Waals surface area contributed by atoms with E-state index in [2.05, 4.69) is 41.4 Å². The maximum atomic E-state index is 12.9. The molecular formula is C25H33N3O3S. The first-order valence-corrected chi connectivity index (χ1v) is 13.0. The second-order valence-corrected chi connectivity index (χ2v) is 11.0. The minimum absolute atomic E-state index is 0.0770. The lowest BCUT2D eigenvalue weighted by Crippen LogP contribution is -2.45. The Morgan fingerprint density at radius 2 is 1.69 bits per heavy atom. The van der Waals surface area contributed by atoms with Crippen molar-refractivity contribution in [1.29, 1.82) is 0 Å². The Bertz CT molecular complexity index is 1010. The third kappa shape index (κ3) is 5.33. The van der Waals surface area contributed by atoms with Crippen LogP contribution in [0.1, 0.15) is 38.2 Å². The van der Waals surface area contributed by atoms with Crippen LogP contribution in [0.25, 0.3) is 0 Å². The summed E-state index contributed by atoms with van der Waals surface area (Å²) in [7, 11) is -3.57. The molecule has 1 N–H and O–H groups in total. The van der Waals surface area contributed by atoms with E-state index in [4.69, 9.17) is 0 Å². The van der Waals surface area contributed by atoms with Gasteiger partial charge in [0.2, 0.25) is 15.9 Å². The quantitative estimate of drug-likeness (QED) is 0.722. The van der Waals surface area contributed by atoms with Crippen LogP contribution in [-0.4, -0.2) is 44.8 Å². The molecule has 0 radical (unpaired) electrons.